The number of hydrogen-bond donors (Lipinski definition) is 1. The molecule has 35 heavy (non-hydrogen) atoms. The SMILES string of the molecule is CC(C)N(CCCOc1ccc(Cc2ccccc2)cc1)CCC(=O)NS(=O)Oc1ccccc1. The predicted molar refractivity (Wildman–Crippen MR) is 140 cm³/mol. The van der Waals surface area contributed by atoms with E-state index in [0.717, 1.165) is 25.1 Å². The van der Waals surface area contributed by atoms with Crippen LogP contribution in [0.1, 0.15) is 37.8 Å². The number of amides is 1. The third-order valence-electron chi connectivity index (χ3n) is 5.50. The van der Waals surface area contributed by atoms with E-state index in [1.165, 1.54) is 11.1 Å². The molecular formula is C28H34N2O4S. The molecule has 0 radical (unpaired) electrons. The van der Waals surface area contributed by atoms with Gasteiger partial charge in [0, 0.05) is 25.6 Å². The minimum absolute atomic E-state index is 0.242. The Morgan fingerprint density at radius 2 is 1.49 bits per heavy atom. The molecule has 0 aliphatic carbocycles. The molecule has 0 saturated carbocycles. The predicted octanol–water partition coefficient (Wildman–Crippen LogP) is 4.92. The zero-order valence-electron chi connectivity index (χ0n) is 20.4. The lowest BCUT2D eigenvalue weighted by molar-refractivity contribution is -0.119. The molecule has 1 atom stereocenters. The van der Waals surface area contributed by atoms with Crippen LogP contribution in [-0.2, 0) is 22.5 Å². The van der Waals surface area contributed by atoms with Crippen LogP contribution in [0.15, 0.2) is 84.9 Å². The molecule has 0 saturated heterocycles. The average Bonchev–Trinajstić information content (AvgIpc) is 2.85. The van der Waals surface area contributed by atoms with Crippen LogP contribution in [0.25, 0.3) is 0 Å². The summed E-state index contributed by atoms with van der Waals surface area (Å²) in [5.41, 5.74) is 2.54. The van der Waals surface area contributed by atoms with E-state index in [1.54, 1.807) is 24.3 Å². The molecule has 3 aromatic carbocycles. The Balaban J connectivity index is 1.34. The molecule has 6 nitrogen and oxygen atoms in total. The summed E-state index contributed by atoms with van der Waals surface area (Å²) in [5, 5.41) is 0. The van der Waals surface area contributed by atoms with Crippen LogP contribution in [0.2, 0.25) is 0 Å². The largest absolute Gasteiger partial charge is 0.494 e. The van der Waals surface area contributed by atoms with Crippen molar-refractivity contribution in [2.24, 2.45) is 0 Å². The Hall–Kier alpha value is -3.16. The molecule has 0 aliphatic rings. The van der Waals surface area contributed by atoms with Gasteiger partial charge in [-0.15, -0.1) is 0 Å². The van der Waals surface area contributed by atoms with Crippen molar-refractivity contribution >= 4 is 17.2 Å². The lowest BCUT2D eigenvalue weighted by Gasteiger charge is -2.26. The molecule has 7 heteroatoms. The number of hydrogen-bond acceptors (Lipinski definition) is 5. The molecule has 3 rings (SSSR count). The Bertz CT molecular complexity index is 1040. The Labute approximate surface area is 211 Å². The van der Waals surface area contributed by atoms with Crippen LogP contribution in [0, 0.1) is 0 Å². The van der Waals surface area contributed by atoms with Gasteiger partial charge in [-0.3, -0.25) is 4.79 Å². The monoisotopic (exact) mass is 494 g/mol. The van der Waals surface area contributed by atoms with Crippen LogP contribution in [-0.4, -0.2) is 40.8 Å². The van der Waals surface area contributed by atoms with Crippen molar-refractivity contribution in [1.29, 1.82) is 0 Å². The first-order chi connectivity index (χ1) is 17.0. The van der Waals surface area contributed by atoms with Gasteiger partial charge < -0.3 is 13.8 Å². The average molecular weight is 495 g/mol. The minimum Gasteiger partial charge on any atom is -0.494 e. The number of para-hydroxylation sites is 1. The summed E-state index contributed by atoms with van der Waals surface area (Å²) in [6.07, 6.45) is 1.99. The van der Waals surface area contributed by atoms with Gasteiger partial charge in [0.25, 0.3) is 0 Å². The van der Waals surface area contributed by atoms with E-state index >= 15 is 0 Å². The second kappa shape index (κ2) is 14.3. The van der Waals surface area contributed by atoms with Crippen molar-refractivity contribution in [2.45, 2.75) is 39.2 Å². The molecule has 0 bridgehead atoms. The molecule has 1 amide bonds. The summed E-state index contributed by atoms with van der Waals surface area (Å²) >= 11 is -1.91. The van der Waals surface area contributed by atoms with Gasteiger partial charge in [-0.05, 0) is 62.1 Å². The fourth-order valence-corrected chi connectivity index (χ4v) is 4.21. The van der Waals surface area contributed by atoms with Crippen LogP contribution >= 0.6 is 0 Å². The van der Waals surface area contributed by atoms with Gasteiger partial charge in [-0.1, -0.05) is 60.7 Å². The van der Waals surface area contributed by atoms with Crippen molar-refractivity contribution in [3.8, 4) is 11.5 Å². The summed E-state index contributed by atoms with van der Waals surface area (Å²) in [6.45, 7) is 6.17. The standard InChI is InChI=1S/C28H34N2O4S/c1-23(2)30(20-18-28(31)29-35(32)34-27-12-7-4-8-13-27)19-9-21-33-26-16-14-25(15-17-26)22-24-10-5-3-6-11-24/h3-8,10-17,23H,9,18-22H2,1-2H3,(H,29,31). The number of nitrogens with one attached hydrogen (secondary N) is 1. The Morgan fingerprint density at radius 3 is 2.14 bits per heavy atom. The normalized spacial score (nSPS) is 11.9. The maximum atomic E-state index is 12.2. The highest BCUT2D eigenvalue weighted by molar-refractivity contribution is 7.79. The summed E-state index contributed by atoms with van der Waals surface area (Å²) in [5.74, 6) is 0.996. The van der Waals surface area contributed by atoms with E-state index in [1.807, 2.05) is 24.3 Å². The smallest absolute Gasteiger partial charge is 0.318 e. The van der Waals surface area contributed by atoms with E-state index in [-0.39, 0.29) is 18.4 Å². The van der Waals surface area contributed by atoms with Crippen molar-refractivity contribution in [1.82, 2.24) is 9.62 Å². The maximum Gasteiger partial charge on any atom is 0.318 e. The van der Waals surface area contributed by atoms with Crippen molar-refractivity contribution < 1.29 is 17.9 Å². The van der Waals surface area contributed by atoms with Gasteiger partial charge in [0.1, 0.15) is 11.5 Å². The molecule has 0 fully saturated rings. The van der Waals surface area contributed by atoms with Gasteiger partial charge in [-0.2, -0.15) is 4.21 Å². The highest BCUT2D eigenvalue weighted by Gasteiger charge is 2.14. The highest BCUT2D eigenvalue weighted by Crippen LogP contribution is 2.16. The van der Waals surface area contributed by atoms with Crippen molar-refractivity contribution in [2.75, 3.05) is 19.7 Å². The molecule has 3 aromatic rings. The van der Waals surface area contributed by atoms with Gasteiger partial charge in [0.05, 0.1) is 6.61 Å². The Kier molecular flexibility index (Phi) is 10.8. The van der Waals surface area contributed by atoms with Crippen LogP contribution in [0.5, 0.6) is 11.5 Å². The molecule has 186 valence electrons. The zero-order valence-corrected chi connectivity index (χ0v) is 21.2. The van der Waals surface area contributed by atoms with Crippen molar-refractivity contribution in [3.05, 3.63) is 96.1 Å². The fourth-order valence-electron chi connectivity index (χ4n) is 3.59. The van der Waals surface area contributed by atoms with Gasteiger partial charge >= 0.3 is 11.3 Å². The summed E-state index contributed by atoms with van der Waals surface area (Å²) in [6, 6.07) is 27.7. The zero-order chi connectivity index (χ0) is 24.9. The van der Waals surface area contributed by atoms with Crippen molar-refractivity contribution in [3.63, 3.8) is 0 Å². The number of nitrogens with zero attached hydrogens (tertiary/aromatic N) is 1. The Morgan fingerprint density at radius 1 is 0.857 bits per heavy atom. The van der Waals surface area contributed by atoms with E-state index in [9.17, 15) is 9.00 Å². The first-order valence-corrected chi connectivity index (χ1v) is 13.0. The molecule has 1 unspecified atom stereocenters. The fraction of sp³-hybridized carbons (Fsp3) is 0.321. The number of rotatable bonds is 14. The molecular weight excluding hydrogens is 460 g/mol. The first kappa shape index (κ1) is 26.4. The van der Waals surface area contributed by atoms with Crippen LogP contribution in [0.3, 0.4) is 0 Å². The third-order valence-corrected chi connectivity index (χ3v) is 6.24. The lowest BCUT2D eigenvalue weighted by Crippen LogP contribution is -2.37. The number of benzene rings is 3. The number of ether oxygens (including phenoxy) is 1. The van der Waals surface area contributed by atoms with Gasteiger partial charge in [0.15, 0.2) is 0 Å². The lowest BCUT2D eigenvalue weighted by atomic mass is 10.1. The minimum atomic E-state index is -1.91. The van der Waals surface area contributed by atoms with Gasteiger partial charge in [0.2, 0.25) is 5.91 Å². The second-order valence-electron chi connectivity index (χ2n) is 8.54. The maximum absolute atomic E-state index is 12.2. The highest BCUT2D eigenvalue weighted by atomic mass is 32.2. The van der Waals surface area contributed by atoms with Crippen LogP contribution < -0.4 is 13.6 Å². The summed E-state index contributed by atoms with van der Waals surface area (Å²) in [7, 11) is 0. The molecule has 0 aliphatic heterocycles. The third kappa shape index (κ3) is 9.92. The quantitative estimate of drug-likeness (QED) is 0.322. The van der Waals surface area contributed by atoms with E-state index in [2.05, 4.69) is 59.9 Å². The van der Waals surface area contributed by atoms with E-state index in [0.29, 0.717) is 18.9 Å². The summed E-state index contributed by atoms with van der Waals surface area (Å²) in [4.78, 5) is 14.4. The topological polar surface area (TPSA) is 67.9 Å². The molecule has 1 N–H and O–H groups in total. The number of carbonyl (C=O) groups excluding carboxylic acids is 1. The van der Waals surface area contributed by atoms with Gasteiger partial charge in [-0.25, -0.2) is 4.72 Å². The molecule has 0 heterocycles. The van der Waals surface area contributed by atoms with Crippen LogP contribution in [0.4, 0.5) is 0 Å². The van der Waals surface area contributed by atoms with E-state index < -0.39 is 11.3 Å². The van der Waals surface area contributed by atoms with E-state index in [4.69, 9.17) is 8.92 Å². The summed E-state index contributed by atoms with van der Waals surface area (Å²) < 4.78 is 25.5. The molecule has 0 aromatic heterocycles. The second-order valence-corrected chi connectivity index (χ2v) is 9.38. The number of carbonyl (C=O) groups is 1. The molecule has 0 spiro atoms. The first-order valence-electron chi connectivity index (χ1n) is 11.9.